The van der Waals surface area contributed by atoms with Crippen LogP contribution in [0, 0.1) is 0 Å². The Morgan fingerprint density at radius 3 is 2.67 bits per heavy atom. The van der Waals surface area contributed by atoms with Crippen LogP contribution in [0.4, 0.5) is 0 Å². The molecule has 2 aromatic rings. The van der Waals surface area contributed by atoms with Crippen LogP contribution in [0.5, 0.6) is 5.75 Å². The van der Waals surface area contributed by atoms with E-state index in [0.29, 0.717) is 24.1 Å². The molecule has 0 saturated heterocycles. The van der Waals surface area contributed by atoms with Gasteiger partial charge < -0.3 is 10.1 Å². The molecule has 0 fully saturated rings. The summed E-state index contributed by atoms with van der Waals surface area (Å²) < 4.78 is 6.15. The number of rotatable bonds is 6. The topological polar surface area (TPSA) is 55.4 Å². The van der Waals surface area contributed by atoms with Crippen LogP contribution in [0.3, 0.4) is 0 Å². The Bertz CT molecular complexity index is 629. The Morgan fingerprint density at radius 2 is 1.95 bits per heavy atom. The number of halogens is 1. The van der Waals surface area contributed by atoms with Crippen LogP contribution in [-0.4, -0.2) is 18.8 Å². The van der Waals surface area contributed by atoms with E-state index in [2.05, 4.69) is 21.2 Å². The number of ether oxygens (including phenoxy) is 1. The lowest BCUT2D eigenvalue weighted by molar-refractivity contribution is -0.123. The summed E-state index contributed by atoms with van der Waals surface area (Å²) in [6.07, 6.45) is 0.696. The van der Waals surface area contributed by atoms with Crippen LogP contribution in [0.2, 0.25) is 0 Å². The molecule has 1 amide bonds. The normalized spacial score (nSPS) is 9.95. The molecule has 0 bridgehead atoms. The van der Waals surface area contributed by atoms with Gasteiger partial charge in [0, 0.05) is 11.0 Å². The van der Waals surface area contributed by atoms with Crippen molar-refractivity contribution in [1.82, 2.24) is 5.32 Å². The van der Waals surface area contributed by atoms with Gasteiger partial charge in [-0.25, -0.2) is 0 Å². The third-order valence-electron chi connectivity index (χ3n) is 2.79. The predicted octanol–water partition coefficient (Wildman–Crippen LogP) is 2.96. The molecule has 1 N–H and O–H groups in total. The number of carbonyl (C=O) groups excluding carboxylic acids is 2. The van der Waals surface area contributed by atoms with Gasteiger partial charge in [-0.1, -0.05) is 46.3 Å². The number of hydrogen-bond donors (Lipinski definition) is 1. The molecule has 4 nitrogen and oxygen atoms in total. The third-order valence-corrected chi connectivity index (χ3v) is 3.28. The average Bonchev–Trinajstić information content (AvgIpc) is 2.52. The van der Waals surface area contributed by atoms with Crippen molar-refractivity contribution >= 4 is 28.1 Å². The van der Waals surface area contributed by atoms with E-state index in [0.717, 1.165) is 10.0 Å². The Kier molecular flexibility index (Phi) is 5.51. The van der Waals surface area contributed by atoms with Gasteiger partial charge in [0.2, 0.25) is 0 Å². The first-order valence-electron chi connectivity index (χ1n) is 6.37. The molecular weight excluding hydrogens is 334 g/mol. The maximum absolute atomic E-state index is 11.7. The van der Waals surface area contributed by atoms with Gasteiger partial charge >= 0.3 is 0 Å². The largest absolute Gasteiger partial charge is 0.483 e. The van der Waals surface area contributed by atoms with Crippen molar-refractivity contribution < 1.29 is 14.3 Å². The highest BCUT2D eigenvalue weighted by atomic mass is 79.9. The number of carbonyl (C=O) groups is 2. The Morgan fingerprint density at radius 1 is 1.19 bits per heavy atom. The molecule has 0 aliphatic carbocycles. The maximum Gasteiger partial charge on any atom is 0.258 e. The van der Waals surface area contributed by atoms with Crippen molar-refractivity contribution in [3.8, 4) is 5.75 Å². The number of hydrogen-bond acceptors (Lipinski definition) is 3. The fraction of sp³-hybridized carbons (Fsp3) is 0.125. The molecule has 0 aliphatic rings. The summed E-state index contributed by atoms with van der Waals surface area (Å²) >= 11 is 3.27. The summed E-state index contributed by atoms with van der Waals surface area (Å²) in [5.74, 6) is 0.154. The molecule has 0 radical (unpaired) electrons. The van der Waals surface area contributed by atoms with Gasteiger partial charge in [-0.15, -0.1) is 0 Å². The summed E-state index contributed by atoms with van der Waals surface area (Å²) in [6, 6.07) is 14.7. The fourth-order valence-electron chi connectivity index (χ4n) is 1.73. The van der Waals surface area contributed by atoms with Gasteiger partial charge in [-0.05, 0) is 23.8 Å². The molecule has 5 heteroatoms. The van der Waals surface area contributed by atoms with Crippen LogP contribution in [-0.2, 0) is 11.3 Å². The summed E-state index contributed by atoms with van der Waals surface area (Å²) in [5.41, 5.74) is 1.42. The minimum atomic E-state index is -0.237. The summed E-state index contributed by atoms with van der Waals surface area (Å²) in [5, 5.41) is 2.76. The van der Waals surface area contributed by atoms with Crippen molar-refractivity contribution in [3.63, 3.8) is 0 Å². The van der Waals surface area contributed by atoms with Crippen molar-refractivity contribution in [3.05, 3.63) is 64.1 Å². The minimum absolute atomic E-state index is 0.130. The second kappa shape index (κ2) is 7.59. The second-order valence-corrected chi connectivity index (χ2v) is 5.27. The van der Waals surface area contributed by atoms with Gasteiger partial charge in [-0.3, -0.25) is 9.59 Å². The third kappa shape index (κ3) is 4.72. The van der Waals surface area contributed by atoms with E-state index in [1.807, 2.05) is 30.3 Å². The van der Waals surface area contributed by atoms with Gasteiger partial charge in [0.05, 0.1) is 5.56 Å². The molecular formula is C16H14BrNO3. The van der Waals surface area contributed by atoms with Crippen LogP contribution in [0.1, 0.15) is 15.9 Å². The van der Waals surface area contributed by atoms with E-state index in [1.165, 1.54) is 0 Å². The SMILES string of the molecule is O=Cc1cc(Br)ccc1OCC(=O)NCc1ccccc1. The summed E-state index contributed by atoms with van der Waals surface area (Å²) in [7, 11) is 0. The van der Waals surface area contributed by atoms with Crippen molar-refractivity contribution in [2.45, 2.75) is 6.54 Å². The molecule has 108 valence electrons. The van der Waals surface area contributed by atoms with E-state index in [1.54, 1.807) is 18.2 Å². The Hall–Kier alpha value is -2.14. The van der Waals surface area contributed by atoms with Crippen LogP contribution < -0.4 is 10.1 Å². The van der Waals surface area contributed by atoms with E-state index < -0.39 is 0 Å². The molecule has 0 spiro atoms. The zero-order chi connectivity index (χ0) is 15.1. The fourth-order valence-corrected chi connectivity index (χ4v) is 2.11. The zero-order valence-electron chi connectivity index (χ0n) is 11.2. The van der Waals surface area contributed by atoms with E-state index in [9.17, 15) is 9.59 Å². The average molecular weight is 348 g/mol. The molecule has 0 atom stereocenters. The maximum atomic E-state index is 11.7. The quantitative estimate of drug-likeness (QED) is 0.817. The van der Waals surface area contributed by atoms with Gasteiger partial charge in [-0.2, -0.15) is 0 Å². The van der Waals surface area contributed by atoms with Crippen LogP contribution in [0.15, 0.2) is 53.0 Å². The molecule has 21 heavy (non-hydrogen) atoms. The first kappa shape index (κ1) is 15.3. The molecule has 2 rings (SSSR count). The highest BCUT2D eigenvalue weighted by Gasteiger charge is 2.07. The monoisotopic (exact) mass is 347 g/mol. The van der Waals surface area contributed by atoms with E-state index in [4.69, 9.17) is 4.74 Å². The van der Waals surface area contributed by atoms with Crippen molar-refractivity contribution in [2.24, 2.45) is 0 Å². The number of aldehydes is 1. The van der Waals surface area contributed by atoms with Gasteiger partial charge in [0.25, 0.3) is 5.91 Å². The second-order valence-electron chi connectivity index (χ2n) is 4.35. The van der Waals surface area contributed by atoms with Crippen LogP contribution in [0.25, 0.3) is 0 Å². The molecule has 2 aromatic carbocycles. The predicted molar refractivity (Wildman–Crippen MR) is 83.3 cm³/mol. The number of amides is 1. The standard InChI is InChI=1S/C16H14BrNO3/c17-14-6-7-15(13(8-14)10-19)21-11-16(20)18-9-12-4-2-1-3-5-12/h1-8,10H,9,11H2,(H,18,20). The minimum Gasteiger partial charge on any atom is -0.483 e. The van der Waals surface area contributed by atoms with Gasteiger partial charge in [0.15, 0.2) is 12.9 Å². The number of nitrogens with one attached hydrogen (secondary N) is 1. The van der Waals surface area contributed by atoms with Crippen molar-refractivity contribution in [1.29, 1.82) is 0 Å². The lowest BCUT2D eigenvalue weighted by Crippen LogP contribution is -2.28. The van der Waals surface area contributed by atoms with Crippen LogP contribution >= 0.6 is 15.9 Å². The molecule has 0 aromatic heterocycles. The zero-order valence-corrected chi connectivity index (χ0v) is 12.8. The smallest absolute Gasteiger partial charge is 0.258 e. The highest BCUT2D eigenvalue weighted by Crippen LogP contribution is 2.21. The molecule has 0 aliphatic heterocycles. The summed E-state index contributed by atoms with van der Waals surface area (Å²) in [6.45, 7) is 0.319. The van der Waals surface area contributed by atoms with E-state index >= 15 is 0 Å². The molecule has 0 saturated carbocycles. The highest BCUT2D eigenvalue weighted by molar-refractivity contribution is 9.10. The first-order valence-corrected chi connectivity index (χ1v) is 7.16. The lowest BCUT2D eigenvalue weighted by Gasteiger charge is -2.09. The van der Waals surface area contributed by atoms with Crippen molar-refractivity contribution in [2.75, 3.05) is 6.61 Å². The Balaban J connectivity index is 1.85. The van der Waals surface area contributed by atoms with E-state index in [-0.39, 0.29) is 12.5 Å². The molecule has 0 heterocycles. The molecule has 0 unspecified atom stereocenters. The van der Waals surface area contributed by atoms with Gasteiger partial charge in [0.1, 0.15) is 5.75 Å². The number of benzene rings is 2. The first-order chi connectivity index (χ1) is 10.2. The lowest BCUT2D eigenvalue weighted by atomic mass is 10.2. The summed E-state index contributed by atoms with van der Waals surface area (Å²) in [4.78, 5) is 22.7. The Labute approximate surface area is 131 Å².